The van der Waals surface area contributed by atoms with Crippen molar-refractivity contribution in [2.75, 3.05) is 14.2 Å². The van der Waals surface area contributed by atoms with Crippen molar-refractivity contribution in [3.8, 4) is 11.5 Å². The first kappa shape index (κ1) is 18.5. The Labute approximate surface area is 157 Å². The van der Waals surface area contributed by atoms with Crippen LogP contribution in [0.1, 0.15) is 18.6 Å². The minimum Gasteiger partial charge on any atom is -0.493 e. The highest BCUT2D eigenvalue weighted by molar-refractivity contribution is 5.88. The second-order valence-electron chi connectivity index (χ2n) is 6.11. The Morgan fingerprint density at radius 3 is 2.44 bits per heavy atom. The minimum absolute atomic E-state index is 0. The molecule has 0 bridgehead atoms. The van der Waals surface area contributed by atoms with Gasteiger partial charge in [0.05, 0.1) is 14.2 Å². The van der Waals surface area contributed by atoms with Crippen molar-refractivity contribution < 1.29 is 9.47 Å². The van der Waals surface area contributed by atoms with Gasteiger partial charge in [0, 0.05) is 35.3 Å². The molecular formula is C22H22N2O3. The number of pyridine rings is 2. The van der Waals surface area contributed by atoms with E-state index in [-0.39, 0.29) is 13.0 Å². The van der Waals surface area contributed by atoms with Crippen LogP contribution in [0.2, 0.25) is 0 Å². The number of ether oxygens (including phenoxy) is 2. The normalized spacial score (nSPS) is 10.6. The second kappa shape index (κ2) is 7.50. The van der Waals surface area contributed by atoms with Crippen LogP contribution in [0, 0.1) is 0 Å². The minimum atomic E-state index is -0.0822. The van der Waals surface area contributed by atoms with E-state index < -0.39 is 0 Å². The van der Waals surface area contributed by atoms with Crippen molar-refractivity contribution in [1.29, 1.82) is 0 Å². The number of nitrogens with one attached hydrogen (secondary N) is 1. The molecule has 0 aliphatic heterocycles. The van der Waals surface area contributed by atoms with Crippen LogP contribution in [0.5, 0.6) is 11.5 Å². The molecule has 0 aliphatic rings. The van der Waals surface area contributed by atoms with Gasteiger partial charge >= 0.3 is 0 Å². The summed E-state index contributed by atoms with van der Waals surface area (Å²) >= 11 is 0. The first-order chi connectivity index (χ1) is 12.7. The lowest BCUT2D eigenvalue weighted by atomic mass is 10.0. The van der Waals surface area contributed by atoms with Crippen molar-refractivity contribution in [2.24, 2.45) is 0 Å². The first-order valence-electron chi connectivity index (χ1n) is 8.29. The zero-order valence-corrected chi connectivity index (χ0v) is 14.6. The van der Waals surface area contributed by atoms with Gasteiger partial charge in [0.2, 0.25) is 0 Å². The molecule has 1 N–H and O–H groups in total. The van der Waals surface area contributed by atoms with Crippen LogP contribution in [0.4, 0.5) is 0 Å². The van der Waals surface area contributed by atoms with E-state index in [1.54, 1.807) is 26.6 Å². The van der Waals surface area contributed by atoms with E-state index in [1.165, 1.54) is 0 Å². The van der Waals surface area contributed by atoms with Gasteiger partial charge in [-0.25, -0.2) is 0 Å². The van der Waals surface area contributed by atoms with Gasteiger partial charge in [0.15, 0.2) is 11.5 Å². The maximum Gasteiger partial charge on any atom is 0.251 e. The van der Waals surface area contributed by atoms with Gasteiger partial charge in [-0.15, -0.1) is 0 Å². The number of rotatable bonds is 4. The molecule has 2 aromatic heterocycles. The van der Waals surface area contributed by atoms with E-state index in [2.05, 4.69) is 9.97 Å². The maximum absolute atomic E-state index is 12.5. The molecule has 0 aliphatic carbocycles. The highest BCUT2D eigenvalue weighted by Crippen LogP contribution is 2.33. The average Bonchev–Trinajstić information content (AvgIpc) is 2.67. The number of benzene rings is 2. The molecule has 0 radical (unpaired) electrons. The Kier molecular flexibility index (Phi) is 5.12. The summed E-state index contributed by atoms with van der Waals surface area (Å²) in [4.78, 5) is 19.7. The lowest BCUT2D eigenvalue weighted by molar-refractivity contribution is 0.356. The standard InChI is InChI=1S/C21H18N2O3.CH4/c1-25-19-9-16-12-22-11-15(17(16)10-20(19)26-2)8-14-7-13-5-3-4-6-18(13)23-21(14)24;/h3-7,9-12H,8H2,1-2H3,(H,23,24);1H4. The smallest absolute Gasteiger partial charge is 0.251 e. The molecule has 0 spiro atoms. The van der Waals surface area contributed by atoms with Crippen molar-refractivity contribution >= 4 is 21.7 Å². The van der Waals surface area contributed by atoms with Gasteiger partial charge in [0.1, 0.15) is 0 Å². The van der Waals surface area contributed by atoms with Crippen LogP contribution in [0.25, 0.3) is 21.7 Å². The van der Waals surface area contributed by atoms with Gasteiger partial charge in [-0.3, -0.25) is 9.78 Å². The average molecular weight is 362 g/mol. The third-order valence-electron chi connectivity index (χ3n) is 4.56. The summed E-state index contributed by atoms with van der Waals surface area (Å²) in [6.07, 6.45) is 4.06. The maximum atomic E-state index is 12.5. The van der Waals surface area contributed by atoms with E-state index in [0.717, 1.165) is 27.2 Å². The summed E-state index contributed by atoms with van der Waals surface area (Å²) in [7, 11) is 3.22. The molecular weight excluding hydrogens is 340 g/mol. The molecule has 4 aromatic rings. The molecule has 5 heteroatoms. The number of aromatic nitrogens is 2. The van der Waals surface area contributed by atoms with E-state index in [1.807, 2.05) is 42.5 Å². The molecule has 0 saturated heterocycles. The predicted molar refractivity (Wildman–Crippen MR) is 109 cm³/mol. The fourth-order valence-corrected chi connectivity index (χ4v) is 3.23. The van der Waals surface area contributed by atoms with Crippen molar-refractivity contribution in [2.45, 2.75) is 13.8 Å². The molecule has 0 unspecified atom stereocenters. The predicted octanol–water partition coefficient (Wildman–Crippen LogP) is 4.32. The van der Waals surface area contributed by atoms with Gasteiger partial charge < -0.3 is 14.5 Å². The molecule has 2 heterocycles. The number of para-hydroxylation sites is 1. The van der Waals surface area contributed by atoms with Gasteiger partial charge in [0.25, 0.3) is 5.56 Å². The molecule has 0 saturated carbocycles. The van der Waals surface area contributed by atoms with E-state index >= 15 is 0 Å². The molecule has 0 atom stereocenters. The van der Waals surface area contributed by atoms with Crippen LogP contribution in [-0.2, 0) is 6.42 Å². The molecule has 4 rings (SSSR count). The van der Waals surface area contributed by atoms with Gasteiger partial charge in [-0.05, 0) is 40.6 Å². The molecule has 27 heavy (non-hydrogen) atoms. The Hall–Kier alpha value is -3.34. The van der Waals surface area contributed by atoms with Crippen molar-refractivity contribution in [1.82, 2.24) is 9.97 Å². The quantitative estimate of drug-likeness (QED) is 0.587. The van der Waals surface area contributed by atoms with Crippen molar-refractivity contribution in [3.05, 3.63) is 76.3 Å². The van der Waals surface area contributed by atoms with Crippen LogP contribution in [0.15, 0.2) is 59.7 Å². The molecule has 138 valence electrons. The fraction of sp³-hybridized carbons (Fsp3) is 0.182. The SMILES string of the molecule is C.COc1cc2cncc(Cc3cc4ccccc4[nH]c3=O)c2cc1OC. The first-order valence-corrected chi connectivity index (χ1v) is 8.29. The fourth-order valence-electron chi connectivity index (χ4n) is 3.23. The Morgan fingerprint density at radius 2 is 1.67 bits per heavy atom. The lowest BCUT2D eigenvalue weighted by Gasteiger charge is -2.12. The van der Waals surface area contributed by atoms with Crippen molar-refractivity contribution in [3.63, 3.8) is 0 Å². The Balaban J connectivity index is 0.00000210. The zero-order valence-electron chi connectivity index (χ0n) is 14.6. The summed E-state index contributed by atoms with van der Waals surface area (Å²) in [6, 6.07) is 13.5. The summed E-state index contributed by atoms with van der Waals surface area (Å²) in [6.45, 7) is 0. The zero-order chi connectivity index (χ0) is 18.1. The van der Waals surface area contributed by atoms with Gasteiger partial charge in [-0.1, -0.05) is 25.6 Å². The molecule has 5 nitrogen and oxygen atoms in total. The summed E-state index contributed by atoms with van der Waals surface area (Å²) in [5.74, 6) is 1.31. The second-order valence-corrected chi connectivity index (χ2v) is 6.11. The number of H-pyrrole nitrogens is 1. The Bertz CT molecular complexity index is 1170. The molecule has 0 fully saturated rings. The number of nitrogens with zero attached hydrogens (tertiary/aromatic N) is 1. The van der Waals surface area contributed by atoms with Crippen LogP contribution >= 0.6 is 0 Å². The number of aromatic amines is 1. The largest absolute Gasteiger partial charge is 0.493 e. The van der Waals surface area contributed by atoms with Gasteiger partial charge in [-0.2, -0.15) is 0 Å². The van der Waals surface area contributed by atoms with E-state index in [9.17, 15) is 4.79 Å². The summed E-state index contributed by atoms with van der Waals surface area (Å²) in [5.41, 5.74) is 2.42. The highest BCUT2D eigenvalue weighted by Gasteiger charge is 2.11. The number of hydrogen-bond donors (Lipinski definition) is 1. The summed E-state index contributed by atoms with van der Waals surface area (Å²) in [5, 5.41) is 2.94. The van der Waals surface area contributed by atoms with Crippen LogP contribution < -0.4 is 15.0 Å². The number of hydrogen-bond acceptors (Lipinski definition) is 4. The third-order valence-corrected chi connectivity index (χ3v) is 4.56. The number of fused-ring (bicyclic) bond motifs is 2. The third kappa shape index (κ3) is 3.36. The van der Waals surface area contributed by atoms with E-state index in [4.69, 9.17) is 9.47 Å². The number of methoxy groups -OCH3 is 2. The molecule has 2 aromatic carbocycles. The van der Waals surface area contributed by atoms with Crippen LogP contribution in [-0.4, -0.2) is 24.2 Å². The lowest BCUT2D eigenvalue weighted by Crippen LogP contribution is -2.12. The monoisotopic (exact) mass is 362 g/mol. The Morgan fingerprint density at radius 1 is 0.926 bits per heavy atom. The molecule has 0 amide bonds. The topological polar surface area (TPSA) is 64.2 Å². The summed E-state index contributed by atoms with van der Waals surface area (Å²) < 4.78 is 10.8. The van der Waals surface area contributed by atoms with E-state index in [0.29, 0.717) is 23.5 Å². The van der Waals surface area contributed by atoms with Crippen LogP contribution in [0.3, 0.4) is 0 Å². The highest BCUT2D eigenvalue weighted by atomic mass is 16.5.